The van der Waals surface area contributed by atoms with Crippen molar-refractivity contribution < 1.29 is 4.39 Å². The van der Waals surface area contributed by atoms with Crippen LogP contribution in [0.5, 0.6) is 0 Å². The lowest BCUT2D eigenvalue weighted by atomic mass is 9.85. The molecule has 0 heterocycles. The Morgan fingerprint density at radius 3 is 2.82 bits per heavy atom. The standard InChI is InChI=1S/C10H15F/c1-7(2)9-5-4-8(3)10(11)6-9/h4,9-10H,1,5-6H2,2-3H3/t9-,10+/m1/s1. The minimum atomic E-state index is -0.731. The molecule has 2 atom stereocenters. The lowest BCUT2D eigenvalue weighted by molar-refractivity contribution is 0.307. The molecular weight excluding hydrogens is 139 g/mol. The van der Waals surface area contributed by atoms with Crippen molar-refractivity contribution in [3.05, 3.63) is 23.8 Å². The Morgan fingerprint density at radius 2 is 2.36 bits per heavy atom. The van der Waals surface area contributed by atoms with Crippen molar-refractivity contribution >= 4 is 0 Å². The van der Waals surface area contributed by atoms with Crippen LogP contribution in [-0.2, 0) is 0 Å². The summed E-state index contributed by atoms with van der Waals surface area (Å²) in [6.45, 7) is 7.68. The van der Waals surface area contributed by atoms with Crippen LogP contribution >= 0.6 is 0 Å². The van der Waals surface area contributed by atoms with Gasteiger partial charge < -0.3 is 0 Å². The van der Waals surface area contributed by atoms with Gasteiger partial charge >= 0.3 is 0 Å². The van der Waals surface area contributed by atoms with Gasteiger partial charge in [0.1, 0.15) is 6.17 Å². The van der Waals surface area contributed by atoms with Crippen molar-refractivity contribution in [2.24, 2.45) is 5.92 Å². The average Bonchev–Trinajstić information content (AvgIpc) is 1.94. The van der Waals surface area contributed by atoms with E-state index < -0.39 is 6.17 Å². The van der Waals surface area contributed by atoms with E-state index in [-0.39, 0.29) is 0 Å². The van der Waals surface area contributed by atoms with Crippen LogP contribution in [0.2, 0.25) is 0 Å². The van der Waals surface area contributed by atoms with Gasteiger partial charge in [0.25, 0.3) is 0 Å². The summed E-state index contributed by atoms with van der Waals surface area (Å²) in [4.78, 5) is 0. The van der Waals surface area contributed by atoms with Gasteiger partial charge in [0.15, 0.2) is 0 Å². The van der Waals surface area contributed by atoms with Gasteiger partial charge in [-0.25, -0.2) is 4.39 Å². The quantitative estimate of drug-likeness (QED) is 0.508. The summed E-state index contributed by atoms with van der Waals surface area (Å²) in [6, 6.07) is 0. The van der Waals surface area contributed by atoms with Crippen LogP contribution in [0.15, 0.2) is 23.8 Å². The molecule has 1 rings (SSSR count). The van der Waals surface area contributed by atoms with E-state index in [1.807, 2.05) is 19.9 Å². The van der Waals surface area contributed by atoms with Crippen LogP contribution in [0.4, 0.5) is 4.39 Å². The number of allylic oxidation sites excluding steroid dienone is 3. The van der Waals surface area contributed by atoms with Gasteiger partial charge in [-0.05, 0) is 38.2 Å². The monoisotopic (exact) mass is 154 g/mol. The Balaban J connectivity index is 2.62. The van der Waals surface area contributed by atoms with E-state index in [9.17, 15) is 4.39 Å². The molecule has 1 heteroatoms. The molecule has 1 aliphatic carbocycles. The molecule has 0 saturated heterocycles. The molecule has 0 fully saturated rings. The number of halogens is 1. The molecule has 0 unspecified atom stereocenters. The predicted octanol–water partition coefficient (Wildman–Crippen LogP) is 3.26. The normalized spacial score (nSPS) is 31.4. The van der Waals surface area contributed by atoms with E-state index >= 15 is 0 Å². The summed E-state index contributed by atoms with van der Waals surface area (Å²) < 4.78 is 13.1. The average molecular weight is 154 g/mol. The van der Waals surface area contributed by atoms with Crippen LogP contribution in [0, 0.1) is 5.92 Å². The minimum Gasteiger partial charge on any atom is -0.243 e. The topological polar surface area (TPSA) is 0 Å². The molecule has 0 aromatic rings. The fourth-order valence-electron chi connectivity index (χ4n) is 1.39. The number of rotatable bonds is 1. The van der Waals surface area contributed by atoms with Crippen molar-refractivity contribution in [2.45, 2.75) is 32.9 Å². The molecule has 11 heavy (non-hydrogen) atoms. The fourth-order valence-corrected chi connectivity index (χ4v) is 1.39. The summed E-state index contributed by atoms with van der Waals surface area (Å²) >= 11 is 0. The molecule has 0 N–H and O–H groups in total. The van der Waals surface area contributed by atoms with Crippen molar-refractivity contribution in [3.8, 4) is 0 Å². The first-order valence-electron chi connectivity index (χ1n) is 4.07. The highest BCUT2D eigenvalue weighted by Crippen LogP contribution is 2.29. The highest BCUT2D eigenvalue weighted by atomic mass is 19.1. The highest BCUT2D eigenvalue weighted by Gasteiger charge is 2.21. The van der Waals surface area contributed by atoms with Gasteiger partial charge in [-0.1, -0.05) is 18.2 Å². The molecular formula is C10H15F. The molecule has 0 bridgehead atoms. The zero-order valence-corrected chi connectivity index (χ0v) is 7.23. The van der Waals surface area contributed by atoms with Crippen LogP contribution in [0.3, 0.4) is 0 Å². The third kappa shape index (κ3) is 1.92. The van der Waals surface area contributed by atoms with E-state index in [1.165, 1.54) is 0 Å². The zero-order chi connectivity index (χ0) is 8.43. The van der Waals surface area contributed by atoms with Crippen LogP contribution < -0.4 is 0 Å². The van der Waals surface area contributed by atoms with Crippen LogP contribution in [0.1, 0.15) is 26.7 Å². The second kappa shape index (κ2) is 3.21. The first-order chi connectivity index (χ1) is 5.11. The van der Waals surface area contributed by atoms with E-state index in [1.54, 1.807) is 0 Å². The summed E-state index contributed by atoms with van der Waals surface area (Å²) in [5, 5.41) is 0. The third-order valence-corrected chi connectivity index (χ3v) is 2.41. The molecule has 0 nitrogen and oxygen atoms in total. The molecule has 0 amide bonds. The largest absolute Gasteiger partial charge is 0.243 e. The van der Waals surface area contributed by atoms with E-state index in [0.717, 1.165) is 17.6 Å². The number of hydrogen-bond acceptors (Lipinski definition) is 0. The van der Waals surface area contributed by atoms with Gasteiger partial charge in [0, 0.05) is 0 Å². The summed E-state index contributed by atoms with van der Waals surface area (Å²) in [6.07, 6.45) is 2.87. The van der Waals surface area contributed by atoms with Crippen molar-refractivity contribution in [2.75, 3.05) is 0 Å². The maximum absolute atomic E-state index is 13.1. The minimum absolute atomic E-state index is 0.369. The first kappa shape index (κ1) is 8.51. The van der Waals surface area contributed by atoms with Gasteiger partial charge in [0.05, 0.1) is 0 Å². The molecule has 0 spiro atoms. The lowest BCUT2D eigenvalue weighted by Crippen LogP contribution is -2.16. The molecule has 1 aliphatic rings. The molecule has 62 valence electrons. The van der Waals surface area contributed by atoms with Gasteiger partial charge in [0.2, 0.25) is 0 Å². The predicted molar refractivity (Wildman–Crippen MR) is 46.2 cm³/mol. The van der Waals surface area contributed by atoms with Crippen molar-refractivity contribution in [1.82, 2.24) is 0 Å². The SMILES string of the molecule is C=C(C)[C@@H]1CC=C(C)[C@@H](F)C1. The Morgan fingerprint density at radius 1 is 1.73 bits per heavy atom. The zero-order valence-electron chi connectivity index (χ0n) is 7.23. The number of alkyl halides is 1. The second-order valence-electron chi connectivity index (χ2n) is 3.43. The lowest BCUT2D eigenvalue weighted by Gasteiger charge is -2.23. The Labute approximate surface area is 67.8 Å². The maximum atomic E-state index is 13.1. The maximum Gasteiger partial charge on any atom is 0.121 e. The van der Waals surface area contributed by atoms with Crippen LogP contribution in [-0.4, -0.2) is 6.17 Å². The number of hydrogen-bond donors (Lipinski definition) is 0. The van der Waals surface area contributed by atoms with Crippen LogP contribution in [0.25, 0.3) is 0 Å². The summed E-state index contributed by atoms with van der Waals surface area (Å²) in [5.41, 5.74) is 2.00. The first-order valence-corrected chi connectivity index (χ1v) is 4.07. The second-order valence-corrected chi connectivity index (χ2v) is 3.43. The van der Waals surface area contributed by atoms with E-state index in [2.05, 4.69) is 6.58 Å². The summed E-state index contributed by atoms with van der Waals surface area (Å²) in [5.74, 6) is 0.369. The van der Waals surface area contributed by atoms with Crippen molar-refractivity contribution in [3.63, 3.8) is 0 Å². The highest BCUT2D eigenvalue weighted by molar-refractivity contribution is 5.14. The van der Waals surface area contributed by atoms with Crippen molar-refractivity contribution in [1.29, 1.82) is 0 Å². The van der Waals surface area contributed by atoms with E-state index in [4.69, 9.17) is 0 Å². The Bertz CT molecular complexity index is 191. The molecule has 0 radical (unpaired) electrons. The fraction of sp³-hybridized carbons (Fsp3) is 0.600. The smallest absolute Gasteiger partial charge is 0.121 e. The molecule has 0 aliphatic heterocycles. The Kier molecular flexibility index (Phi) is 2.48. The van der Waals surface area contributed by atoms with Gasteiger partial charge in [-0.3, -0.25) is 0 Å². The molecule has 0 saturated carbocycles. The van der Waals surface area contributed by atoms with E-state index in [0.29, 0.717) is 12.3 Å². The Hall–Kier alpha value is -0.590. The molecule has 0 aromatic heterocycles. The summed E-state index contributed by atoms with van der Waals surface area (Å²) in [7, 11) is 0. The third-order valence-electron chi connectivity index (χ3n) is 2.41. The molecule has 0 aromatic carbocycles. The van der Waals surface area contributed by atoms with Gasteiger partial charge in [-0.2, -0.15) is 0 Å². The van der Waals surface area contributed by atoms with Gasteiger partial charge in [-0.15, -0.1) is 0 Å².